The molecule has 1 aromatic carbocycles. The molecule has 0 atom stereocenters. The first kappa shape index (κ1) is 22.7. The van der Waals surface area contributed by atoms with Crippen LogP contribution in [0.3, 0.4) is 0 Å². The number of hydrogen-bond acceptors (Lipinski definition) is 6. The maximum Gasteiger partial charge on any atom is 0.341 e. The van der Waals surface area contributed by atoms with Gasteiger partial charge in [0, 0.05) is 36.7 Å². The Hall–Kier alpha value is -2.45. The number of anilines is 2. The van der Waals surface area contributed by atoms with Crippen LogP contribution in [-0.2, 0) is 22.4 Å². The molecule has 1 aromatic heterocycles. The standard InChI is InChI=1S/C24H30FN3O3S/c1-16(2)31-24(30)22-19-5-3-4-6-20(19)32-23(22)26-21(29)15-27-11-13-28(14-12-27)18-9-7-17(25)8-10-18/h7-10,16H,3-6,11-15H2,1-2H3,(H,26,29). The van der Waals surface area contributed by atoms with E-state index < -0.39 is 0 Å². The Balaban J connectivity index is 1.37. The van der Waals surface area contributed by atoms with Crippen molar-refractivity contribution in [3.63, 3.8) is 0 Å². The zero-order valence-electron chi connectivity index (χ0n) is 18.7. The molecule has 2 aromatic rings. The summed E-state index contributed by atoms with van der Waals surface area (Å²) in [6.45, 7) is 6.98. The van der Waals surface area contributed by atoms with Crippen LogP contribution in [0.5, 0.6) is 0 Å². The van der Waals surface area contributed by atoms with Crippen LogP contribution in [0.15, 0.2) is 24.3 Å². The Morgan fingerprint density at radius 3 is 2.47 bits per heavy atom. The molecule has 32 heavy (non-hydrogen) atoms. The number of benzene rings is 1. The molecule has 0 saturated carbocycles. The summed E-state index contributed by atoms with van der Waals surface area (Å²) in [6, 6.07) is 6.51. The van der Waals surface area contributed by atoms with Crippen molar-refractivity contribution in [1.29, 1.82) is 0 Å². The topological polar surface area (TPSA) is 61.9 Å². The van der Waals surface area contributed by atoms with Crippen molar-refractivity contribution >= 4 is 33.9 Å². The van der Waals surface area contributed by atoms with Crippen LogP contribution in [0, 0.1) is 5.82 Å². The number of rotatable bonds is 6. The lowest BCUT2D eigenvalue weighted by Crippen LogP contribution is -2.48. The summed E-state index contributed by atoms with van der Waals surface area (Å²) in [5, 5.41) is 3.62. The molecule has 4 rings (SSSR count). The summed E-state index contributed by atoms with van der Waals surface area (Å²) in [5.41, 5.74) is 2.59. The number of aryl methyl sites for hydroxylation is 1. The first-order chi connectivity index (χ1) is 15.4. The fourth-order valence-corrected chi connectivity index (χ4v) is 5.62. The molecule has 1 aliphatic carbocycles. The van der Waals surface area contributed by atoms with Gasteiger partial charge in [0.15, 0.2) is 0 Å². The summed E-state index contributed by atoms with van der Waals surface area (Å²) < 4.78 is 18.6. The number of piperazine rings is 1. The molecule has 1 aliphatic heterocycles. The van der Waals surface area contributed by atoms with E-state index in [1.54, 1.807) is 12.1 Å². The third kappa shape index (κ3) is 5.30. The van der Waals surface area contributed by atoms with Gasteiger partial charge in [-0.3, -0.25) is 9.69 Å². The number of carbonyl (C=O) groups is 2. The highest BCUT2D eigenvalue weighted by Gasteiger charge is 2.28. The number of thiophene rings is 1. The molecule has 1 saturated heterocycles. The number of carbonyl (C=O) groups excluding carboxylic acids is 2. The van der Waals surface area contributed by atoms with E-state index in [0.717, 1.165) is 63.1 Å². The van der Waals surface area contributed by atoms with Gasteiger partial charge >= 0.3 is 5.97 Å². The second-order valence-corrected chi connectivity index (χ2v) is 9.76. The Morgan fingerprint density at radius 1 is 1.09 bits per heavy atom. The average Bonchev–Trinajstić information content (AvgIpc) is 3.12. The lowest BCUT2D eigenvalue weighted by molar-refractivity contribution is -0.117. The minimum Gasteiger partial charge on any atom is -0.459 e. The third-order valence-electron chi connectivity index (χ3n) is 5.90. The van der Waals surface area contributed by atoms with E-state index in [2.05, 4.69) is 15.1 Å². The van der Waals surface area contributed by atoms with E-state index in [1.807, 2.05) is 13.8 Å². The number of esters is 1. The molecular formula is C24H30FN3O3S. The molecular weight excluding hydrogens is 429 g/mol. The summed E-state index contributed by atoms with van der Waals surface area (Å²) >= 11 is 1.52. The van der Waals surface area contributed by atoms with Crippen LogP contribution in [0.1, 0.15) is 47.5 Å². The summed E-state index contributed by atoms with van der Waals surface area (Å²) in [7, 11) is 0. The van der Waals surface area contributed by atoms with Gasteiger partial charge in [-0.05, 0) is 69.4 Å². The van der Waals surface area contributed by atoms with Gasteiger partial charge in [0.25, 0.3) is 0 Å². The van der Waals surface area contributed by atoms with E-state index in [-0.39, 0.29) is 30.3 Å². The highest BCUT2D eigenvalue weighted by Crippen LogP contribution is 2.38. The van der Waals surface area contributed by atoms with Crippen molar-refractivity contribution in [2.45, 2.75) is 45.6 Å². The Morgan fingerprint density at radius 2 is 1.78 bits per heavy atom. The minimum atomic E-state index is -0.345. The first-order valence-electron chi connectivity index (χ1n) is 11.3. The normalized spacial score (nSPS) is 16.7. The van der Waals surface area contributed by atoms with Crippen molar-refractivity contribution in [1.82, 2.24) is 4.90 Å². The molecule has 6 nitrogen and oxygen atoms in total. The van der Waals surface area contributed by atoms with Crippen molar-refractivity contribution in [3.05, 3.63) is 46.1 Å². The van der Waals surface area contributed by atoms with Crippen molar-refractivity contribution in [2.24, 2.45) is 0 Å². The van der Waals surface area contributed by atoms with Gasteiger partial charge in [-0.1, -0.05) is 0 Å². The molecule has 0 spiro atoms. The fourth-order valence-electron chi connectivity index (χ4n) is 4.33. The van der Waals surface area contributed by atoms with Crippen molar-refractivity contribution in [3.8, 4) is 0 Å². The highest BCUT2D eigenvalue weighted by molar-refractivity contribution is 7.17. The summed E-state index contributed by atoms with van der Waals surface area (Å²) in [5.74, 6) is -0.698. The largest absolute Gasteiger partial charge is 0.459 e. The van der Waals surface area contributed by atoms with E-state index in [0.29, 0.717) is 10.6 Å². The number of halogens is 1. The fraction of sp³-hybridized carbons (Fsp3) is 0.500. The Labute approximate surface area is 192 Å². The maximum absolute atomic E-state index is 13.2. The summed E-state index contributed by atoms with van der Waals surface area (Å²) in [6.07, 6.45) is 3.76. The molecule has 2 aliphatic rings. The molecule has 2 heterocycles. The zero-order valence-corrected chi connectivity index (χ0v) is 19.5. The third-order valence-corrected chi connectivity index (χ3v) is 7.11. The van der Waals surface area contributed by atoms with Crippen LogP contribution in [0.2, 0.25) is 0 Å². The van der Waals surface area contributed by atoms with E-state index in [4.69, 9.17) is 4.74 Å². The molecule has 1 fully saturated rings. The molecule has 172 valence electrons. The number of amides is 1. The van der Waals surface area contributed by atoms with Gasteiger partial charge in [0.05, 0.1) is 18.2 Å². The lowest BCUT2D eigenvalue weighted by atomic mass is 9.95. The second-order valence-electron chi connectivity index (χ2n) is 8.66. The van der Waals surface area contributed by atoms with Crippen molar-refractivity contribution in [2.75, 3.05) is 42.9 Å². The predicted octanol–water partition coefficient (Wildman–Crippen LogP) is 4.09. The monoisotopic (exact) mass is 459 g/mol. The average molecular weight is 460 g/mol. The van der Waals surface area contributed by atoms with Gasteiger partial charge in [-0.2, -0.15) is 0 Å². The number of nitrogens with one attached hydrogen (secondary N) is 1. The second kappa shape index (κ2) is 10.0. The first-order valence-corrected chi connectivity index (χ1v) is 12.1. The smallest absolute Gasteiger partial charge is 0.341 e. The number of ether oxygens (including phenoxy) is 1. The molecule has 0 radical (unpaired) electrons. The highest BCUT2D eigenvalue weighted by atomic mass is 32.1. The molecule has 1 amide bonds. The van der Waals surface area contributed by atoms with Gasteiger partial charge in [0.2, 0.25) is 5.91 Å². The summed E-state index contributed by atoms with van der Waals surface area (Å²) in [4.78, 5) is 31.1. The number of nitrogens with zero attached hydrogens (tertiary/aromatic N) is 2. The van der Waals surface area contributed by atoms with Crippen molar-refractivity contribution < 1.29 is 18.7 Å². The Bertz CT molecular complexity index is 966. The van der Waals surface area contributed by atoms with Crippen LogP contribution in [0.25, 0.3) is 0 Å². The predicted molar refractivity (Wildman–Crippen MR) is 125 cm³/mol. The van der Waals surface area contributed by atoms with Gasteiger partial charge in [-0.15, -0.1) is 11.3 Å². The van der Waals surface area contributed by atoms with Crippen LogP contribution in [0.4, 0.5) is 15.1 Å². The minimum absolute atomic E-state index is 0.113. The van der Waals surface area contributed by atoms with Gasteiger partial charge in [-0.25, -0.2) is 9.18 Å². The van der Waals surface area contributed by atoms with E-state index in [1.165, 1.54) is 28.3 Å². The van der Waals surface area contributed by atoms with Crippen LogP contribution < -0.4 is 10.2 Å². The van der Waals surface area contributed by atoms with E-state index >= 15 is 0 Å². The number of fused-ring (bicyclic) bond motifs is 1. The molecule has 1 N–H and O–H groups in total. The lowest BCUT2D eigenvalue weighted by Gasteiger charge is -2.35. The maximum atomic E-state index is 13.2. The molecule has 0 unspecified atom stereocenters. The number of hydrogen-bond donors (Lipinski definition) is 1. The Kier molecular flexibility index (Phi) is 7.10. The van der Waals surface area contributed by atoms with Crippen LogP contribution in [-0.4, -0.2) is 55.6 Å². The van der Waals surface area contributed by atoms with E-state index in [9.17, 15) is 14.0 Å². The zero-order chi connectivity index (χ0) is 22.7. The molecule has 8 heteroatoms. The van der Waals surface area contributed by atoms with Gasteiger partial charge in [0.1, 0.15) is 10.8 Å². The van der Waals surface area contributed by atoms with Gasteiger partial charge < -0.3 is 15.0 Å². The van der Waals surface area contributed by atoms with Crippen LogP contribution >= 0.6 is 11.3 Å². The SMILES string of the molecule is CC(C)OC(=O)c1c(NC(=O)CN2CCN(c3ccc(F)cc3)CC2)sc2c1CCCC2. The molecule has 0 bridgehead atoms. The quantitative estimate of drug-likeness (QED) is 0.660.